The maximum atomic E-state index is 12.2. The molecule has 0 saturated heterocycles. The van der Waals surface area contributed by atoms with Gasteiger partial charge in [0, 0.05) is 20.5 Å². The molecular weight excluding hydrogens is 440 g/mol. The van der Waals surface area contributed by atoms with E-state index in [2.05, 4.69) is 5.32 Å². The van der Waals surface area contributed by atoms with E-state index < -0.39 is 28.5 Å². The van der Waals surface area contributed by atoms with Crippen LogP contribution in [-0.2, 0) is 24.3 Å². The van der Waals surface area contributed by atoms with Gasteiger partial charge in [0.2, 0.25) is 10.0 Å². The highest BCUT2D eigenvalue weighted by atomic mass is 35.5. The number of Topliss-reactive ketones (excluding diaryl/α,β-unsaturated/α-hetero) is 1. The summed E-state index contributed by atoms with van der Waals surface area (Å²) >= 11 is 7.28. The molecule has 0 radical (unpaired) electrons. The second-order valence-electron chi connectivity index (χ2n) is 6.04. The lowest BCUT2D eigenvalue weighted by Gasteiger charge is -2.14. The maximum absolute atomic E-state index is 12.2. The van der Waals surface area contributed by atoms with Gasteiger partial charge in [0.15, 0.2) is 12.4 Å². The lowest BCUT2D eigenvalue weighted by atomic mass is 10.2. The van der Waals surface area contributed by atoms with Gasteiger partial charge in [0.05, 0.1) is 26.9 Å². The number of esters is 1. The van der Waals surface area contributed by atoms with Gasteiger partial charge < -0.3 is 10.1 Å². The second kappa shape index (κ2) is 9.97. The van der Waals surface area contributed by atoms with Crippen molar-refractivity contribution < 1.29 is 27.5 Å². The Bertz CT molecular complexity index is 1000. The third kappa shape index (κ3) is 6.36. The van der Waals surface area contributed by atoms with E-state index in [-0.39, 0.29) is 34.2 Å². The lowest BCUT2D eigenvalue weighted by Crippen LogP contribution is -2.23. The van der Waals surface area contributed by atoms with Crippen LogP contribution in [0, 0.1) is 0 Å². The Labute approximate surface area is 177 Å². The third-order valence-corrected chi connectivity index (χ3v) is 6.76. The summed E-state index contributed by atoms with van der Waals surface area (Å²) in [5.41, 5.74) is 0.0727. The van der Waals surface area contributed by atoms with Crippen molar-refractivity contribution >= 4 is 56.3 Å². The normalized spacial score (nSPS) is 11.3. The quantitative estimate of drug-likeness (QED) is 0.457. The number of nitrogens with one attached hydrogen (secondary N) is 1. The molecule has 1 aromatic carbocycles. The number of nitrogens with zero attached hydrogens (tertiary/aromatic N) is 1. The number of hydrogen-bond donors (Lipinski definition) is 1. The van der Waals surface area contributed by atoms with Gasteiger partial charge >= 0.3 is 5.97 Å². The van der Waals surface area contributed by atoms with Crippen molar-refractivity contribution in [3.63, 3.8) is 0 Å². The third-order valence-electron chi connectivity index (χ3n) is 3.71. The van der Waals surface area contributed by atoms with E-state index in [0.29, 0.717) is 4.88 Å². The molecule has 0 aliphatic rings. The summed E-state index contributed by atoms with van der Waals surface area (Å²) in [6.07, 6.45) is -0.168. The molecule has 0 atom stereocenters. The number of carbonyl (C=O) groups excluding carboxylic acids is 3. The Morgan fingerprint density at radius 1 is 1.17 bits per heavy atom. The zero-order chi connectivity index (χ0) is 21.6. The molecule has 29 heavy (non-hydrogen) atoms. The molecule has 11 heteroatoms. The number of halogens is 1. The molecular formula is C18H19ClN2O6S2. The van der Waals surface area contributed by atoms with Gasteiger partial charge in [-0.2, -0.15) is 0 Å². The number of hydrogen-bond acceptors (Lipinski definition) is 7. The lowest BCUT2D eigenvalue weighted by molar-refractivity contribution is -0.147. The number of amides is 1. The first-order valence-electron chi connectivity index (χ1n) is 8.35. The fourth-order valence-corrected chi connectivity index (χ4v) is 3.94. The first-order chi connectivity index (χ1) is 13.6. The Balaban J connectivity index is 1.89. The first kappa shape index (κ1) is 23.0. The van der Waals surface area contributed by atoms with Crippen molar-refractivity contribution in [1.29, 1.82) is 0 Å². The zero-order valence-corrected chi connectivity index (χ0v) is 18.1. The van der Waals surface area contributed by atoms with Crippen LogP contribution in [0.25, 0.3) is 0 Å². The van der Waals surface area contributed by atoms with Gasteiger partial charge in [-0.25, -0.2) is 12.7 Å². The minimum Gasteiger partial charge on any atom is -0.456 e. The van der Waals surface area contributed by atoms with E-state index in [0.717, 1.165) is 4.31 Å². The monoisotopic (exact) mass is 458 g/mol. The molecule has 0 aliphatic carbocycles. The predicted octanol–water partition coefficient (Wildman–Crippen LogP) is 2.80. The minimum atomic E-state index is -3.70. The van der Waals surface area contributed by atoms with Crippen LogP contribution in [0.2, 0.25) is 5.02 Å². The Morgan fingerprint density at radius 3 is 2.52 bits per heavy atom. The summed E-state index contributed by atoms with van der Waals surface area (Å²) in [7, 11) is -0.945. The fourth-order valence-electron chi connectivity index (χ4n) is 2.15. The number of rotatable bonds is 9. The number of sulfonamides is 1. The van der Waals surface area contributed by atoms with Gasteiger partial charge in [0.1, 0.15) is 0 Å². The van der Waals surface area contributed by atoms with Crippen LogP contribution in [0.1, 0.15) is 22.5 Å². The van der Waals surface area contributed by atoms with E-state index in [1.54, 1.807) is 17.5 Å². The molecule has 1 aromatic heterocycles. The van der Waals surface area contributed by atoms with Crippen LogP contribution >= 0.6 is 22.9 Å². The summed E-state index contributed by atoms with van der Waals surface area (Å²) in [5.74, 6) is -1.56. The van der Waals surface area contributed by atoms with Crippen molar-refractivity contribution in [3.05, 3.63) is 45.6 Å². The van der Waals surface area contributed by atoms with Crippen molar-refractivity contribution in [2.45, 2.75) is 17.7 Å². The zero-order valence-electron chi connectivity index (χ0n) is 15.7. The molecule has 0 unspecified atom stereocenters. The van der Waals surface area contributed by atoms with Gasteiger partial charge in [-0.1, -0.05) is 17.7 Å². The molecule has 0 spiro atoms. The molecule has 0 saturated carbocycles. The average molecular weight is 459 g/mol. The smallest absolute Gasteiger partial charge is 0.306 e. The molecule has 156 valence electrons. The number of ketones is 1. The Morgan fingerprint density at radius 2 is 1.90 bits per heavy atom. The van der Waals surface area contributed by atoms with Gasteiger partial charge in [0.25, 0.3) is 5.91 Å². The van der Waals surface area contributed by atoms with Crippen LogP contribution in [0.5, 0.6) is 0 Å². The van der Waals surface area contributed by atoms with E-state index in [4.69, 9.17) is 16.3 Å². The summed E-state index contributed by atoms with van der Waals surface area (Å²) in [4.78, 5) is 36.1. The molecule has 1 heterocycles. The van der Waals surface area contributed by atoms with Crippen molar-refractivity contribution in [2.24, 2.45) is 0 Å². The number of anilines is 1. The molecule has 0 bridgehead atoms. The first-order valence-corrected chi connectivity index (χ1v) is 11.1. The molecule has 2 rings (SSSR count). The highest BCUT2D eigenvalue weighted by Crippen LogP contribution is 2.26. The summed E-state index contributed by atoms with van der Waals surface area (Å²) in [6.45, 7) is -0.590. The number of ether oxygens (including phenoxy) is 1. The van der Waals surface area contributed by atoms with E-state index in [9.17, 15) is 22.8 Å². The highest BCUT2D eigenvalue weighted by Gasteiger charge is 2.19. The van der Waals surface area contributed by atoms with Crippen LogP contribution < -0.4 is 5.32 Å². The summed E-state index contributed by atoms with van der Waals surface area (Å²) < 4.78 is 30.2. The Hall–Kier alpha value is -2.27. The summed E-state index contributed by atoms with van der Waals surface area (Å²) in [5, 5.41) is 4.30. The predicted molar refractivity (Wildman–Crippen MR) is 110 cm³/mol. The standard InChI is InChI=1S/C18H19ClN2O6S2/c1-21(2)29(25,26)12-5-6-13(19)14(10-12)20-17(23)11-27-18(24)8-7-15(22)16-4-3-9-28-16/h3-6,9-10H,7-8,11H2,1-2H3,(H,20,23). The second-order valence-corrected chi connectivity index (χ2v) is 9.55. The van der Waals surface area contributed by atoms with E-state index in [1.807, 2.05) is 0 Å². The number of benzene rings is 1. The fraction of sp³-hybridized carbons (Fsp3) is 0.278. The van der Waals surface area contributed by atoms with Crippen molar-refractivity contribution in [1.82, 2.24) is 4.31 Å². The van der Waals surface area contributed by atoms with E-state index >= 15 is 0 Å². The molecule has 1 N–H and O–H groups in total. The highest BCUT2D eigenvalue weighted by molar-refractivity contribution is 7.89. The van der Waals surface area contributed by atoms with Crippen LogP contribution in [0.3, 0.4) is 0 Å². The van der Waals surface area contributed by atoms with Crippen molar-refractivity contribution in [3.8, 4) is 0 Å². The van der Waals surface area contributed by atoms with Gasteiger partial charge in [-0.05, 0) is 29.6 Å². The largest absolute Gasteiger partial charge is 0.456 e. The van der Waals surface area contributed by atoms with Crippen molar-refractivity contribution in [2.75, 3.05) is 26.0 Å². The molecule has 0 aliphatic heterocycles. The SMILES string of the molecule is CN(C)S(=O)(=O)c1ccc(Cl)c(NC(=O)COC(=O)CCC(=O)c2cccs2)c1. The molecule has 1 amide bonds. The topological polar surface area (TPSA) is 110 Å². The van der Waals surface area contributed by atoms with Crippen LogP contribution in [0.15, 0.2) is 40.6 Å². The molecule has 0 fully saturated rings. The van der Waals surface area contributed by atoms with Gasteiger partial charge in [-0.3, -0.25) is 14.4 Å². The minimum absolute atomic E-state index is 0.0166. The Kier molecular flexibility index (Phi) is 7.91. The number of thiophene rings is 1. The summed E-state index contributed by atoms with van der Waals surface area (Å²) in [6, 6.07) is 7.29. The number of carbonyl (C=O) groups is 3. The maximum Gasteiger partial charge on any atom is 0.306 e. The molecule has 2 aromatic rings. The van der Waals surface area contributed by atoms with Crippen LogP contribution in [-0.4, -0.2) is 51.1 Å². The van der Waals surface area contributed by atoms with Gasteiger partial charge in [-0.15, -0.1) is 11.3 Å². The average Bonchev–Trinajstić information content (AvgIpc) is 3.20. The van der Waals surface area contributed by atoms with E-state index in [1.165, 1.54) is 43.6 Å². The molecule has 8 nitrogen and oxygen atoms in total. The van der Waals surface area contributed by atoms with Crippen LogP contribution in [0.4, 0.5) is 5.69 Å².